The number of aliphatic imine (C=N–C) groups is 1. The van der Waals surface area contributed by atoms with E-state index in [0.717, 1.165) is 44.1 Å². The molecule has 6 nitrogen and oxygen atoms in total. The van der Waals surface area contributed by atoms with Crippen molar-refractivity contribution in [3.8, 4) is 5.75 Å². The Labute approximate surface area is 175 Å². The van der Waals surface area contributed by atoms with Gasteiger partial charge in [0.2, 0.25) is 0 Å². The number of nitrogens with zero attached hydrogens (tertiary/aromatic N) is 3. The van der Waals surface area contributed by atoms with Gasteiger partial charge in [0.25, 0.3) is 0 Å². The van der Waals surface area contributed by atoms with Gasteiger partial charge in [0, 0.05) is 25.7 Å². The van der Waals surface area contributed by atoms with Crippen LogP contribution in [0.15, 0.2) is 29.3 Å². The van der Waals surface area contributed by atoms with E-state index in [1.807, 2.05) is 6.92 Å². The van der Waals surface area contributed by atoms with Crippen LogP contribution in [0.3, 0.4) is 0 Å². The first-order valence-corrected chi connectivity index (χ1v) is 10.6. The lowest BCUT2D eigenvalue weighted by Crippen LogP contribution is -2.43. The Morgan fingerprint density at radius 2 is 1.93 bits per heavy atom. The maximum Gasteiger partial charge on any atom is 0.416 e. The molecule has 2 aliphatic rings. The van der Waals surface area contributed by atoms with Crippen molar-refractivity contribution in [3.05, 3.63) is 29.8 Å². The number of alkyl halides is 3. The Morgan fingerprint density at radius 1 is 1.23 bits per heavy atom. The zero-order chi connectivity index (χ0) is 21.6. The Balaban J connectivity index is 1.48. The third-order valence-electron chi connectivity index (χ3n) is 5.53. The number of rotatable bonds is 7. The molecule has 2 aliphatic heterocycles. The molecule has 2 saturated heterocycles. The van der Waals surface area contributed by atoms with E-state index in [2.05, 4.69) is 20.1 Å². The number of aliphatic hydroxyl groups excluding tert-OH is 1. The maximum atomic E-state index is 12.6. The van der Waals surface area contributed by atoms with E-state index in [1.165, 1.54) is 38.1 Å². The minimum Gasteiger partial charge on any atom is -0.491 e. The van der Waals surface area contributed by atoms with E-state index < -0.39 is 17.8 Å². The van der Waals surface area contributed by atoms with Crippen molar-refractivity contribution in [2.24, 2.45) is 4.99 Å². The van der Waals surface area contributed by atoms with Crippen molar-refractivity contribution >= 4 is 5.96 Å². The SMILES string of the molecule is CCNC(=NCC(O)COc1ccc(C(F)(F)F)cc1)N1CCC(N2CCCC2)C1. The molecule has 2 heterocycles. The van der Waals surface area contributed by atoms with Crippen LogP contribution < -0.4 is 10.1 Å². The van der Waals surface area contributed by atoms with Crippen molar-refractivity contribution in [1.29, 1.82) is 0 Å². The van der Waals surface area contributed by atoms with Crippen LogP contribution in [0.25, 0.3) is 0 Å². The first kappa shape index (κ1) is 22.7. The van der Waals surface area contributed by atoms with Gasteiger partial charge in [-0.1, -0.05) is 0 Å². The minimum atomic E-state index is -4.38. The van der Waals surface area contributed by atoms with Crippen LogP contribution in [-0.2, 0) is 6.18 Å². The molecule has 2 N–H and O–H groups in total. The van der Waals surface area contributed by atoms with Crippen LogP contribution in [0.1, 0.15) is 31.7 Å². The van der Waals surface area contributed by atoms with Gasteiger partial charge < -0.3 is 20.1 Å². The molecular weight excluding hydrogens is 397 g/mol. The normalized spacial score (nSPS) is 21.8. The fourth-order valence-corrected chi connectivity index (χ4v) is 3.94. The molecule has 1 aromatic rings. The van der Waals surface area contributed by atoms with E-state index in [4.69, 9.17) is 4.74 Å². The highest BCUT2D eigenvalue weighted by molar-refractivity contribution is 5.80. The molecule has 0 spiro atoms. The predicted molar refractivity (Wildman–Crippen MR) is 110 cm³/mol. The number of halogens is 3. The molecule has 0 bridgehead atoms. The number of guanidine groups is 1. The van der Waals surface area contributed by atoms with E-state index in [1.54, 1.807) is 0 Å². The Bertz CT molecular complexity index is 690. The average Bonchev–Trinajstić information content (AvgIpc) is 3.41. The molecule has 0 saturated carbocycles. The smallest absolute Gasteiger partial charge is 0.416 e. The second-order valence-corrected chi connectivity index (χ2v) is 7.81. The van der Waals surface area contributed by atoms with Gasteiger partial charge in [0.05, 0.1) is 12.1 Å². The standard InChI is InChI=1S/C21H31F3N4O2/c1-2-25-20(28-12-9-17(14-28)27-10-3-4-11-27)26-13-18(29)15-30-19-7-5-16(6-8-19)21(22,23)24/h5-8,17-18,29H,2-4,9-15H2,1H3,(H,25,26). The summed E-state index contributed by atoms with van der Waals surface area (Å²) in [7, 11) is 0. The van der Waals surface area contributed by atoms with Crippen LogP contribution >= 0.6 is 0 Å². The molecule has 2 atom stereocenters. The third kappa shape index (κ3) is 6.25. The highest BCUT2D eigenvalue weighted by Gasteiger charge is 2.31. The molecule has 168 valence electrons. The second-order valence-electron chi connectivity index (χ2n) is 7.81. The molecule has 3 rings (SSSR count). The van der Waals surface area contributed by atoms with Crippen molar-refractivity contribution in [2.45, 2.75) is 44.5 Å². The summed E-state index contributed by atoms with van der Waals surface area (Å²) >= 11 is 0. The fraction of sp³-hybridized carbons (Fsp3) is 0.667. The van der Waals surface area contributed by atoms with Crippen LogP contribution in [0.2, 0.25) is 0 Å². The Morgan fingerprint density at radius 3 is 2.57 bits per heavy atom. The topological polar surface area (TPSA) is 60.3 Å². The second kappa shape index (κ2) is 10.3. The Kier molecular flexibility index (Phi) is 7.82. The minimum absolute atomic E-state index is 0.0370. The molecule has 0 radical (unpaired) electrons. The van der Waals surface area contributed by atoms with Crippen molar-refractivity contribution < 1.29 is 23.0 Å². The summed E-state index contributed by atoms with van der Waals surface area (Å²) in [6.07, 6.45) is -1.56. The number of aliphatic hydroxyl groups is 1. The van der Waals surface area contributed by atoms with E-state index in [9.17, 15) is 18.3 Å². The highest BCUT2D eigenvalue weighted by Crippen LogP contribution is 2.30. The van der Waals surface area contributed by atoms with Gasteiger partial charge in [0.1, 0.15) is 18.5 Å². The van der Waals surface area contributed by atoms with Gasteiger partial charge in [0.15, 0.2) is 5.96 Å². The first-order chi connectivity index (χ1) is 14.4. The molecule has 1 aromatic carbocycles. The first-order valence-electron chi connectivity index (χ1n) is 10.6. The van der Waals surface area contributed by atoms with Gasteiger partial charge in [-0.15, -0.1) is 0 Å². The molecule has 0 amide bonds. The quantitative estimate of drug-likeness (QED) is 0.517. The van der Waals surface area contributed by atoms with Gasteiger partial charge in [-0.3, -0.25) is 9.89 Å². The molecule has 30 heavy (non-hydrogen) atoms. The summed E-state index contributed by atoms with van der Waals surface area (Å²) in [4.78, 5) is 9.33. The highest BCUT2D eigenvalue weighted by atomic mass is 19.4. The Hall–Kier alpha value is -2.00. The van der Waals surface area contributed by atoms with E-state index >= 15 is 0 Å². The number of hydrogen-bond acceptors (Lipinski definition) is 4. The summed E-state index contributed by atoms with van der Waals surface area (Å²) in [5.41, 5.74) is -0.729. The lowest BCUT2D eigenvalue weighted by atomic mass is 10.2. The molecular formula is C21H31F3N4O2. The van der Waals surface area contributed by atoms with Crippen LogP contribution in [-0.4, -0.2) is 78.9 Å². The van der Waals surface area contributed by atoms with E-state index in [-0.39, 0.29) is 18.9 Å². The molecule has 2 unspecified atom stereocenters. The van der Waals surface area contributed by atoms with Crippen molar-refractivity contribution in [3.63, 3.8) is 0 Å². The largest absolute Gasteiger partial charge is 0.491 e. The lowest BCUT2D eigenvalue weighted by Gasteiger charge is -2.25. The van der Waals surface area contributed by atoms with Gasteiger partial charge in [-0.25, -0.2) is 0 Å². The predicted octanol–water partition coefficient (Wildman–Crippen LogP) is 2.58. The number of ether oxygens (including phenoxy) is 1. The van der Waals surface area contributed by atoms with Crippen molar-refractivity contribution in [1.82, 2.24) is 15.1 Å². The average molecular weight is 428 g/mol. The van der Waals surface area contributed by atoms with Crippen molar-refractivity contribution in [2.75, 3.05) is 45.9 Å². The lowest BCUT2D eigenvalue weighted by molar-refractivity contribution is -0.137. The van der Waals surface area contributed by atoms with Gasteiger partial charge >= 0.3 is 6.18 Å². The van der Waals surface area contributed by atoms with Gasteiger partial charge in [-0.2, -0.15) is 13.2 Å². The number of nitrogens with one attached hydrogen (secondary N) is 1. The van der Waals surface area contributed by atoms with Crippen LogP contribution in [0.5, 0.6) is 5.75 Å². The number of benzene rings is 1. The summed E-state index contributed by atoms with van der Waals surface area (Å²) in [5.74, 6) is 1.07. The zero-order valence-corrected chi connectivity index (χ0v) is 17.4. The summed E-state index contributed by atoms with van der Waals surface area (Å²) < 4.78 is 43.2. The maximum absolute atomic E-state index is 12.6. The monoisotopic (exact) mass is 428 g/mol. The van der Waals surface area contributed by atoms with Crippen LogP contribution in [0.4, 0.5) is 13.2 Å². The number of hydrogen-bond donors (Lipinski definition) is 2. The molecule has 0 aromatic heterocycles. The van der Waals surface area contributed by atoms with E-state index in [0.29, 0.717) is 6.04 Å². The molecule has 0 aliphatic carbocycles. The molecule has 9 heteroatoms. The van der Waals surface area contributed by atoms with Crippen LogP contribution in [0, 0.1) is 0 Å². The zero-order valence-electron chi connectivity index (χ0n) is 17.4. The summed E-state index contributed by atoms with van der Waals surface area (Å²) in [6, 6.07) is 5.00. The summed E-state index contributed by atoms with van der Waals surface area (Å²) in [6.45, 7) is 7.08. The third-order valence-corrected chi connectivity index (χ3v) is 5.53. The van der Waals surface area contributed by atoms with Gasteiger partial charge in [-0.05, 0) is 63.5 Å². The fourth-order valence-electron chi connectivity index (χ4n) is 3.94. The summed E-state index contributed by atoms with van der Waals surface area (Å²) in [5, 5.41) is 13.5. The number of likely N-dealkylation sites (tertiary alicyclic amines) is 2. The molecule has 2 fully saturated rings.